The lowest BCUT2D eigenvalue weighted by Gasteiger charge is -2.20. The molecule has 0 aliphatic carbocycles. The molecule has 0 fully saturated rings. The van der Waals surface area contributed by atoms with Gasteiger partial charge in [-0.1, -0.05) is 42.7 Å². The van der Waals surface area contributed by atoms with Crippen LogP contribution in [0.25, 0.3) is 0 Å². The van der Waals surface area contributed by atoms with Gasteiger partial charge < -0.3 is 9.84 Å². The average Bonchev–Trinajstić information content (AvgIpc) is 2.77. The lowest BCUT2D eigenvalue weighted by atomic mass is 9.94. The van der Waals surface area contributed by atoms with Crippen LogP contribution >= 0.6 is 0 Å². The van der Waals surface area contributed by atoms with Crippen molar-refractivity contribution in [3.8, 4) is 11.5 Å². The van der Waals surface area contributed by atoms with E-state index in [4.69, 9.17) is 4.74 Å². The number of alkyl halides is 1. The Morgan fingerprint density at radius 2 is 1.41 bits per heavy atom. The van der Waals surface area contributed by atoms with E-state index in [2.05, 4.69) is 32.9 Å². The van der Waals surface area contributed by atoms with Crippen molar-refractivity contribution < 1.29 is 14.2 Å². The molecule has 0 bridgehead atoms. The van der Waals surface area contributed by atoms with E-state index < -0.39 is 0 Å². The van der Waals surface area contributed by atoms with Crippen LogP contribution in [-0.4, -0.2) is 18.4 Å². The van der Waals surface area contributed by atoms with E-state index in [1.165, 1.54) is 11.1 Å². The van der Waals surface area contributed by atoms with Gasteiger partial charge >= 0.3 is 0 Å². The number of benzene rings is 1. The van der Waals surface area contributed by atoms with Crippen LogP contribution in [0.4, 0.5) is 4.39 Å². The Balaban J connectivity index is 2.59. The summed E-state index contributed by atoms with van der Waals surface area (Å²) in [6, 6.07) is 0. The van der Waals surface area contributed by atoms with Crippen LogP contribution < -0.4 is 4.74 Å². The Hall–Kier alpha value is -2.03. The molecule has 0 aromatic heterocycles. The Bertz CT molecular complexity index is 815. The van der Waals surface area contributed by atoms with Crippen LogP contribution in [0.2, 0.25) is 0 Å². The summed E-state index contributed by atoms with van der Waals surface area (Å²) in [4.78, 5) is 0. The summed E-state index contributed by atoms with van der Waals surface area (Å²) in [7, 11) is 0. The van der Waals surface area contributed by atoms with Crippen molar-refractivity contribution in [2.45, 2.75) is 99.8 Å². The van der Waals surface area contributed by atoms with Crippen molar-refractivity contribution in [1.29, 1.82) is 0 Å². The molecule has 0 atom stereocenters. The highest BCUT2D eigenvalue weighted by molar-refractivity contribution is 5.57. The van der Waals surface area contributed by atoms with Gasteiger partial charge in [-0.25, -0.2) is 4.39 Å². The minimum absolute atomic E-state index is 0.345. The summed E-state index contributed by atoms with van der Waals surface area (Å²) in [6.07, 6.45) is 14.6. The molecule has 0 spiro atoms. The molecule has 0 heterocycles. The fraction of sp³-hybridized carbons (Fsp3) is 0.586. The van der Waals surface area contributed by atoms with E-state index in [0.29, 0.717) is 12.4 Å². The largest absolute Gasteiger partial charge is 0.507 e. The molecule has 0 radical (unpaired) electrons. The van der Waals surface area contributed by atoms with Crippen LogP contribution in [0.5, 0.6) is 11.5 Å². The molecule has 0 unspecified atom stereocenters. The summed E-state index contributed by atoms with van der Waals surface area (Å²) >= 11 is 0. The third kappa shape index (κ3) is 9.22. The van der Waals surface area contributed by atoms with Gasteiger partial charge in [0.15, 0.2) is 0 Å². The fourth-order valence-electron chi connectivity index (χ4n) is 3.84. The van der Waals surface area contributed by atoms with Crippen LogP contribution in [0.1, 0.15) is 94.9 Å². The van der Waals surface area contributed by atoms with Crippen LogP contribution in [0.15, 0.2) is 34.9 Å². The maximum absolute atomic E-state index is 12.5. The quantitative estimate of drug-likeness (QED) is 0.229. The molecule has 180 valence electrons. The van der Waals surface area contributed by atoms with Gasteiger partial charge in [0.1, 0.15) is 18.2 Å². The number of hydrogen-bond donors (Lipinski definition) is 1. The molecule has 1 N–H and O–H groups in total. The van der Waals surface area contributed by atoms with Gasteiger partial charge in [0.05, 0.1) is 6.61 Å². The second-order valence-corrected chi connectivity index (χ2v) is 9.13. The topological polar surface area (TPSA) is 29.5 Å². The van der Waals surface area contributed by atoms with E-state index in [0.717, 1.165) is 84.9 Å². The molecule has 1 aromatic rings. The zero-order valence-corrected chi connectivity index (χ0v) is 21.5. The number of allylic oxidation sites excluding steroid dienone is 5. The van der Waals surface area contributed by atoms with Gasteiger partial charge in [0, 0.05) is 5.56 Å². The minimum Gasteiger partial charge on any atom is -0.507 e. The SMILES string of the molecule is CCCCc1c(C)c(O)c(C)c(C)c1OCC/C=C(\C)CC/C=C(\C)CC/C=C(/C)CF. The van der Waals surface area contributed by atoms with Crippen molar-refractivity contribution in [1.82, 2.24) is 0 Å². The number of rotatable bonds is 14. The molecule has 1 aromatic carbocycles. The van der Waals surface area contributed by atoms with Gasteiger partial charge in [0.25, 0.3) is 0 Å². The number of ether oxygens (including phenoxy) is 1. The van der Waals surface area contributed by atoms with Crippen molar-refractivity contribution in [3.05, 3.63) is 57.2 Å². The summed E-state index contributed by atoms with van der Waals surface area (Å²) in [5, 5.41) is 10.5. The number of hydrogen-bond acceptors (Lipinski definition) is 2. The second kappa shape index (κ2) is 14.9. The Morgan fingerprint density at radius 1 is 0.844 bits per heavy atom. The Morgan fingerprint density at radius 3 is 1.97 bits per heavy atom. The molecule has 0 aliphatic heterocycles. The number of halogens is 1. The molecule has 0 aliphatic rings. The maximum atomic E-state index is 12.5. The lowest BCUT2D eigenvalue weighted by Crippen LogP contribution is -2.05. The predicted octanol–water partition coefficient (Wildman–Crippen LogP) is 8.80. The predicted molar refractivity (Wildman–Crippen MR) is 137 cm³/mol. The molecule has 1 rings (SSSR count). The number of phenolic OH excluding ortho intramolecular Hbond substituents is 1. The highest BCUT2D eigenvalue weighted by Crippen LogP contribution is 2.38. The van der Waals surface area contributed by atoms with E-state index in [1.54, 1.807) is 0 Å². The van der Waals surface area contributed by atoms with Crippen molar-refractivity contribution in [2.75, 3.05) is 13.3 Å². The summed E-state index contributed by atoms with van der Waals surface area (Å²) < 4.78 is 18.7. The molecule has 2 nitrogen and oxygen atoms in total. The molecule has 0 saturated carbocycles. The normalized spacial score (nSPS) is 13.1. The Kier molecular flexibility index (Phi) is 13.1. The van der Waals surface area contributed by atoms with Crippen LogP contribution in [0.3, 0.4) is 0 Å². The highest BCUT2D eigenvalue weighted by Gasteiger charge is 2.17. The third-order valence-electron chi connectivity index (χ3n) is 6.25. The van der Waals surface area contributed by atoms with Crippen LogP contribution in [0, 0.1) is 20.8 Å². The van der Waals surface area contributed by atoms with Crippen LogP contribution in [-0.2, 0) is 6.42 Å². The van der Waals surface area contributed by atoms with Gasteiger partial charge in [-0.3, -0.25) is 0 Å². The molecule has 3 heteroatoms. The van der Waals surface area contributed by atoms with Crippen molar-refractivity contribution >= 4 is 0 Å². The molecule has 0 amide bonds. The Labute approximate surface area is 196 Å². The monoisotopic (exact) mass is 444 g/mol. The first-order valence-corrected chi connectivity index (χ1v) is 12.2. The number of aromatic hydroxyl groups is 1. The zero-order valence-electron chi connectivity index (χ0n) is 21.5. The van der Waals surface area contributed by atoms with Crippen molar-refractivity contribution in [2.24, 2.45) is 0 Å². The van der Waals surface area contributed by atoms with Gasteiger partial charge in [0.2, 0.25) is 0 Å². The first-order valence-electron chi connectivity index (χ1n) is 12.2. The van der Waals surface area contributed by atoms with Gasteiger partial charge in [-0.05, 0) is 109 Å². The summed E-state index contributed by atoms with van der Waals surface area (Å²) in [5.74, 6) is 1.38. The average molecular weight is 445 g/mol. The highest BCUT2D eigenvalue weighted by atomic mass is 19.1. The first kappa shape index (κ1) is 28.0. The second-order valence-electron chi connectivity index (χ2n) is 9.13. The maximum Gasteiger partial charge on any atom is 0.126 e. The fourth-order valence-corrected chi connectivity index (χ4v) is 3.84. The molecule has 32 heavy (non-hydrogen) atoms. The van der Waals surface area contributed by atoms with Gasteiger partial charge in [-0.2, -0.15) is 0 Å². The van der Waals surface area contributed by atoms with Gasteiger partial charge in [-0.15, -0.1) is 0 Å². The molecular formula is C29H45FO2. The third-order valence-corrected chi connectivity index (χ3v) is 6.25. The number of unbranched alkanes of at least 4 members (excludes halogenated alkanes) is 1. The summed E-state index contributed by atoms with van der Waals surface area (Å²) in [5.41, 5.74) is 7.67. The molecule has 0 saturated heterocycles. The zero-order chi connectivity index (χ0) is 24.1. The molecular weight excluding hydrogens is 399 g/mol. The lowest BCUT2D eigenvalue weighted by molar-refractivity contribution is 0.317. The standard InChI is InChI=1S/C29H45FO2/c1-8-9-18-27-26(7)28(31)24(5)25(6)29(27)32-19-12-17-22(3)14-10-13-21(2)15-11-16-23(4)20-30/h13,16-17,31H,8-12,14-15,18-20H2,1-7H3/b21-13+,22-17+,23-16-. The smallest absolute Gasteiger partial charge is 0.126 e. The van der Waals surface area contributed by atoms with E-state index in [9.17, 15) is 9.50 Å². The van der Waals surface area contributed by atoms with E-state index >= 15 is 0 Å². The number of phenols is 1. The minimum atomic E-state index is -0.345. The van der Waals surface area contributed by atoms with E-state index in [1.807, 2.05) is 33.8 Å². The van der Waals surface area contributed by atoms with Crippen molar-refractivity contribution in [3.63, 3.8) is 0 Å². The summed E-state index contributed by atoms with van der Waals surface area (Å²) in [6.45, 7) is 14.7. The van der Waals surface area contributed by atoms with E-state index in [-0.39, 0.29) is 6.67 Å². The first-order chi connectivity index (χ1) is 15.2.